The summed E-state index contributed by atoms with van der Waals surface area (Å²) >= 11 is 23.4. The maximum atomic E-state index is 13.1. The van der Waals surface area contributed by atoms with Crippen molar-refractivity contribution in [1.82, 2.24) is 29.9 Å². The summed E-state index contributed by atoms with van der Waals surface area (Å²) in [5.74, 6) is -0.778. The molecule has 45 heavy (non-hydrogen) atoms. The van der Waals surface area contributed by atoms with Crippen LogP contribution in [0.2, 0.25) is 20.1 Å². The molecular weight excluding hydrogens is 672 g/mol. The van der Waals surface area contributed by atoms with E-state index in [0.717, 1.165) is 17.5 Å². The van der Waals surface area contributed by atoms with E-state index in [9.17, 15) is 8.78 Å². The highest BCUT2D eigenvalue weighted by Gasteiger charge is 2.09. The molecular formula is C30H24Cl4F2N6O3. The number of nitrogens with one attached hydrogen (secondary N) is 3. The highest BCUT2D eigenvalue weighted by Crippen LogP contribution is 2.32. The lowest BCUT2D eigenvalue weighted by Gasteiger charge is -2.06. The molecule has 6 aromatic rings. The summed E-state index contributed by atoms with van der Waals surface area (Å²) < 4.78 is 41.9. The fraction of sp³-hybridized carbons (Fsp3) is 0.100. The van der Waals surface area contributed by atoms with Crippen LogP contribution >= 0.6 is 46.4 Å². The van der Waals surface area contributed by atoms with Gasteiger partial charge in [-0.3, -0.25) is 0 Å². The second kappa shape index (κ2) is 17.3. The highest BCUT2D eigenvalue weighted by atomic mass is 35.5. The topological polar surface area (TPSA) is 114 Å². The molecule has 3 heterocycles. The van der Waals surface area contributed by atoms with Crippen LogP contribution in [0.3, 0.4) is 0 Å². The second-order valence-electron chi connectivity index (χ2n) is 8.73. The summed E-state index contributed by atoms with van der Waals surface area (Å²) in [7, 11) is 0. The van der Waals surface area contributed by atoms with Gasteiger partial charge in [0.25, 0.3) is 0 Å². The Bertz CT molecular complexity index is 1660. The van der Waals surface area contributed by atoms with Crippen molar-refractivity contribution >= 4 is 46.4 Å². The molecule has 0 unspecified atom stereocenters. The Labute approximate surface area is 276 Å². The van der Waals surface area contributed by atoms with E-state index >= 15 is 0 Å². The molecule has 0 fully saturated rings. The van der Waals surface area contributed by atoms with Gasteiger partial charge < -0.3 is 29.2 Å². The predicted molar refractivity (Wildman–Crippen MR) is 168 cm³/mol. The molecule has 3 N–H and O–H groups in total. The third-order valence-corrected chi connectivity index (χ3v) is 7.07. The molecule has 9 nitrogen and oxygen atoms in total. The van der Waals surface area contributed by atoms with Gasteiger partial charge in [0.1, 0.15) is 36.3 Å². The van der Waals surface area contributed by atoms with Crippen molar-refractivity contribution < 1.29 is 23.0 Å². The normalized spacial score (nSPS) is 10.3. The molecule has 0 aliphatic heterocycles. The van der Waals surface area contributed by atoms with Crippen molar-refractivity contribution in [3.05, 3.63) is 141 Å². The molecule has 0 aliphatic rings. The Morgan fingerprint density at radius 3 is 1.67 bits per heavy atom. The molecule has 15 heteroatoms. The number of rotatable bonds is 9. The van der Waals surface area contributed by atoms with E-state index in [1.165, 1.54) is 18.5 Å². The van der Waals surface area contributed by atoms with Gasteiger partial charge in [0, 0.05) is 24.7 Å². The largest absolute Gasteiger partial charge is 0.487 e. The minimum atomic E-state index is -0.979. The van der Waals surface area contributed by atoms with Crippen LogP contribution in [0.15, 0.2) is 92.2 Å². The fourth-order valence-electron chi connectivity index (χ4n) is 3.33. The van der Waals surface area contributed by atoms with Gasteiger partial charge in [-0.2, -0.15) is 4.39 Å². The molecule has 0 atom stereocenters. The van der Waals surface area contributed by atoms with Crippen molar-refractivity contribution in [2.45, 2.75) is 19.8 Å². The van der Waals surface area contributed by atoms with Crippen LogP contribution in [0.25, 0.3) is 0 Å². The van der Waals surface area contributed by atoms with Crippen LogP contribution in [0.4, 0.5) is 8.78 Å². The number of halogens is 6. The zero-order valence-electron chi connectivity index (χ0n) is 23.1. The van der Waals surface area contributed by atoms with Crippen molar-refractivity contribution in [3.8, 4) is 17.2 Å². The predicted octanol–water partition coefficient (Wildman–Crippen LogP) is 8.86. The number of hydrogen-bond donors (Lipinski definition) is 3. The van der Waals surface area contributed by atoms with Crippen LogP contribution in [0, 0.1) is 11.6 Å². The molecule has 3 aromatic carbocycles. The first-order valence-corrected chi connectivity index (χ1v) is 14.5. The molecule has 6 rings (SSSR count). The SMILES string of the molecule is Clc1ccc(OCc2c[nH]cn2)cc1Cl.Clc1cccc(OCc2c[nH]cn2)c1Cl.Fc1cccc(OCc2c[nH]cn2)c1F. The quantitative estimate of drug-likeness (QED) is 0.139. The van der Waals surface area contributed by atoms with Crippen LogP contribution < -0.4 is 14.2 Å². The Balaban J connectivity index is 0.000000154. The van der Waals surface area contributed by atoms with Gasteiger partial charge in [-0.15, -0.1) is 0 Å². The number of imidazole rings is 3. The first-order chi connectivity index (χ1) is 21.8. The number of nitrogens with zero attached hydrogens (tertiary/aromatic N) is 3. The van der Waals surface area contributed by atoms with E-state index in [4.69, 9.17) is 60.6 Å². The van der Waals surface area contributed by atoms with Crippen molar-refractivity contribution in [2.24, 2.45) is 0 Å². The standard InChI is InChI=1S/2C10H8Cl2N2O.C10H8F2N2O/c11-9-2-1-8(3-10(9)12)15-5-7-4-13-6-14-7;2*11-8-2-1-3-9(10(8)12)15-5-7-4-13-6-14-7/h3*1-4,6H,5H2,(H,13,14). The monoisotopic (exact) mass is 694 g/mol. The van der Waals surface area contributed by atoms with E-state index in [2.05, 4.69) is 29.9 Å². The molecule has 0 radical (unpaired) electrons. The Hall–Kier alpha value is -4.29. The number of aromatic nitrogens is 6. The number of H-pyrrole nitrogens is 3. The average molecular weight is 696 g/mol. The lowest BCUT2D eigenvalue weighted by atomic mass is 10.3. The summed E-state index contributed by atoms with van der Waals surface area (Å²) in [5, 5.41) is 1.91. The summed E-state index contributed by atoms with van der Waals surface area (Å²) in [6.45, 7) is 0.870. The van der Waals surface area contributed by atoms with E-state index in [1.54, 1.807) is 67.6 Å². The van der Waals surface area contributed by atoms with Crippen LogP contribution in [0.5, 0.6) is 17.2 Å². The fourth-order valence-corrected chi connectivity index (χ4v) is 3.96. The summed E-state index contributed by atoms with van der Waals surface area (Å²) in [6.07, 6.45) is 9.85. The molecule has 0 saturated heterocycles. The van der Waals surface area contributed by atoms with Gasteiger partial charge in [0.2, 0.25) is 5.82 Å². The first kappa shape index (κ1) is 33.6. The Morgan fingerprint density at radius 1 is 0.578 bits per heavy atom. The van der Waals surface area contributed by atoms with Crippen LogP contribution in [-0.4, -0.2) is 29.9 Å². The minimum Gasteiger partial charge on any atom is -0.487 e. The molecule has 0 bridgehead atoms. The number of hydrogen-bond acceptors (Lipinski definition) is 6. The summed E-state index contributed by atoms with van der Waals surface area (Å²) in [6, 6.07) is 14.2. The molecule has 0 aliphatic carbocycles. The average Bonchev–Trinajstić information content (AvgIpc) is 3.85. The van der Waals surface area contributed by atoms with Crippen molar-refractivity contribution in [2.75, 3.05) is 0 Å². The van der Waals surface area contributed by atoms with Gasteiger partial charge in [0.05, 0.1) is 51.1 Å². The zero-order valence-corrected chi connectivity index (χ0v) is 26.1. The number of aromatic amines is 3. The van der Waals surface area contributed by atoms with Gasteiger partial charge in [0.15, 0.2) is 11.6 Å². The van der Waals surface area contributed by atoms with Gasteiger partial charge in [-0.1, -0.05) is 58.5 Å². The first-order valence-electron chi connectivity index (χ1n) is 12.9. The van der Waals surface area contributed by atoms with E-state index in [1.807, 2.05) is 0 Å². The Morgan fingerprint density at radius 2 is 1.11 bits per heavy atom. The molecule has 234 valence electrons. The lowest BCUT2D eigenvalue weighted by molar-refractivity contribution is 0.281. The minimum absolute atomic E-state index is 0.101. The summed E-state index contributed by atoms with van der Waals surface area (Å²) in [5.41, 5.74) is 2.27. The van der Waals surface area contributed by atoms with E-state index < -0.39 is 11.6 Å². The maximum absolute atomic E-state index is 13.1. The molecule has 0 spiro atoms. The smallest absolute Gasteiger partial charge is 0.200 e. The van der Waals surface area contributed by atoms with E-state index in [-0.39, 0.29) is 12.4 Å². The number of benzene rings is 3. The van der Waals surface area contributed by atoms with Crippen LogP contribution in [-0.2, 0) is 19.8 Å². The van der Waals surface area contributed by atoms with Crippen molar-refractivity contribution in [1.29, 1.82) is 0 Å². The highest BCUT2D eigenvalue weighted by molar-refractivity contribution is 6.43. The third kappa shape index (κ3) is 10.7. The number of ether oxygens (including phenoxy) is 3. The molecule has 3 aromatic heterocycles. The second-order valence-corrected chi connectivity index (χ2v) is 10.3. The third-order valence-electron chi connectivity index (χ3n) is 5.53. The van der Waals surface area contributed by atoms with Crippen LogP contribution in [0.1, 0.15) is 17.1 Å². The zero-order chi connectivity index (χ0) is 32.0. The Kier molecular flexibility index (Phi) is 12.9. The van der Waals surface area contributed by atoms with Gasteiger partial charge in [-0.25, -0.2) is 19.3 Å². The maximum Gasteiger partial charge on any atom is 0.200 e. The van der Waals surface area contributed by atoms with Gasteiger partial charge in [-0.05, 0) is 36.4 Å². The lowest BCUT2D eigenvalue weighted by Crippen LogP contribution is -1.98. The van der Waals surface area contributed by atoms with E-state index in [0.29, 0.717) is 50.5 Å². The molecule has 0 saturated carbocycles. The summed E-state index contributed by atoms with van der Waals surface area (Å²) in [4.78, 5) is 20.4. The van der Waals surface area contributed by atoms with Gasteiger partial charge >= 0.3 is 0 Å². The molecule has 0 amide bonds. The van der Waals surface area contributed by atoms with Crippen molar-refractivity contribution in [3.63, 3.8) is 0 Å².